The van der Waals surface area contributed by atoms with Crippen LogP contribution < -0.4 is 10.6 Å². The highest BCUT2D eigenvalue weighted by Crippen LogP contribution is 2.21. The molecule has 110 valence electrons. The van der Waals surface area contributed by atoms with Gasteiger partial charge in [0.2, 0.25) is 0 Å². The highest BCUT2D eigenvalue weighted by molar-refractivity contribution is 6.31. The summed E-state index contributed by atoms with van der Waals surface area (Å²) in [5.41, 5.74) is -0.101. The molecule has 4 nitrogen and oxygen atoms in total. The second-order valence-corrected chi connectivity index (χ2v) is 4.59. The summed E-state index contributed by atoms with van der Waals surface area (Å²) in [6.07, 6.45) is 0.995. The minimum atomic E-state index is -0.681. The van der Waals surface area contributed by atoms with Gasteiger partial charge in [-0.2, -0.15) is 0 Å². The molecule has 21 heavy (non-hydrogen) atoms. The molecule has 0 saturated heterocycles. The van der Waals surface area contributed by atoms with Crippen molar-refractivity contribution in [3.63, 3.8) is 0 Å². The molecule has 0 radical (unpaired) electrons. The summed E-state index contributed by atoms with van der Waals surface area (Å²) in [6.45, 7) is 2.31. The van der Waals surface area contributed by atoms with Crippen LogP contribution >= 0.6 is 11.6 Å². The normalized spacial score (nSPS) is 10.3. The SMILES string of the molecule is CCNc1ncc(F)cc1C(=O)Nc1cc(Cl)ccc1F. The van der Waals surface area contributed by atoms with Gasteiger partial charge in [-0.1, -0.05) is 11.6 Å². The van der Waals surface area contributed by atoms with Crippen LogP contribution in [0.3, 0.4) is 0 Å². The van der Waals surface area contributed by atoms with Crippen molar-refractivity contribution >= 4 is 29.0 Å². The monoisotopic (exact) mass is 311 g/mol. The fourth-order valence-corrected chi connectivity index (χ4v) is 1.88. The second-order valence-electron chi connectivity index (χ2n) is 4.16. The zero-order chi connectivity index (χ0) is 15.4. The molecule has 2 rings (SSSR count). The Morgan fingerprint density at radius 3 is 2.81 bits per heavy atom. The number of halogens is 3. The summed E-state index contributed by atoms with van der Waals surface area (Å²) in [5.74, 6) is -1.76. The number of carbonyl (C=O) groups excluding carboxylic acids is 1. The average Bonchev–Trinajstić information content (AvgIpc) is 2.45. The third-order valence-electron chi connectivity index (χ3n) is 2.62. The van der Waals surface area contributed by atoms with Crippen molar-refractivity contribution in [3.05, 3.63) is 52.7 Å². The van der Waals surface area contributed by atoms with E-state index in [9.17, 15) is 13.6 Å². The van der Waals surface area contributed by atoms with Crippen molar-refractivity contribution < 1.29 is 13.6 Å². The van der Waals surface area contributed by atoms with Crippen molar-refractivity contribution in [2.45, 2.75) is 6.92 Å². The Kier molecular flexibility index (Phi) is 4.70. The minimum Gasteiger partial charge on any atom is -0.370 e. The number of nitrogens with zero attached hydrogens (tertiary/aromatic N) is 1. The first-order valence-corrected chi connectivity index (χ1v) is 6.55. The first-order chi connectivity index (χ1) is 10.0. The Bertz CT molecular complexity index is 679. The predicted octanol–water partition coefficient (Wildman–Crippen LogP) is 3.70. The second kappa shape index (κ2) is 6.49. The van der Waals surface area contributed by atoms with Gasteiger partial charge >= 0.3 is 0 Å². The molecule has 0 fully saturated rings. The molecule has 1 amide bonds. The van der Waals surface area contributed by atoms with E-state index in [-0.39, 0.29) is 22.1 Å². The van der Waals surface area contributed by atoms with Crippen LogP contribution in [0.1, 0.15) is 17.3 Å². The molecule has 0 spiro atoms. The molecule has 0 aliphatic heterocycles. The van der Waals surface area contributed by atoms with Crippen LogP contribution in [0.25, 0.3) is 0 Å². The Balaban J connectivity index is 2.31. The van der Waals surface area contributed by atoms with Gasteiger partial charge in [0.15, 0.2) is 0 Å². The number of hydrogen-bond acceptors (Lipinski definition) is 3. The first-order valence-electron chi connectivity index (χ1n) is 6.17. The molecule has 0 unspecified atom stereocenters. The molecule has 0 aliphatic carbocycles. The molecule has 0 atom stereocenters. The molecular formula is C14H12ClF2N3O. The van der Waals surface area contributed by atoms with Gasteiger partial charge < -0.3 is 10.6 Å². The fraction of sp³-hybridized carbons (Fsp3) is 0.143. The van der Waals surface area contributed by atoms with Crippen molar-refractivity contribution in [2.75, 3.05) is 17.2 Å². The number of anilines is 2. The van der Waals surface area contributed by atoms with Crippen molar-refractivity contribution in [3.8, 4) is 0 Å². The van der Waals surface area contributed by atoms with Crippen LogP contribution in [0.15, 0.2) is 30.5 Å². The van der Waals surface area contributed by atoms with Crippen LogP contribution in [0.4, 0.5) is 20.3 Å². The van der Waals surface area contributed by atoms with Gasteiger partial charge in [-0.25, -0.2) is 13.8 Å². The molecule has 1 aromatic carbocycles. The number of rotatable bonds is 4. The van der Waals surface area contributed by atoms with E-state index < -0.39 is 17.5 Å². The third-order valence-corrected chi connectivity index (χ3v) is 2.85. The highest BCUT2D eigenvalue weighted by atomic mass is 35.5. The molecule has 0 saturated carbocycles. The summed E-state index contributed by atoms with van der Waals surface area (Å²) in [4.78, 5) is 16.0. The maximum absolute atomic E-state index is 13.6. The van der Waals surface area contributed by atoms with E-state index in [1.54, 1.807) is 0 Å². The van der Waals surface area contributed by atoms with Crippen LogP contribution in [0.5, 0.6) is 0 Å². The Morgan fingerprint density at radius 2 is 2.10 bits per heavy atom. The number of aromatic nitrogens is 1. The third kappa shape index (κ3) is 3.66. The summed E-state index contributed by atoms with van der Waals surface area (Å²) in [5, 5.41) is 5.46. The zero-order valence-electron chi connectivity index (χ0n) is 11.1. The minimum absolute atomic E-state index is 0.0174. The maximum atomic E-state index is 13.6. The van der Waals surface area contributed by atoms with Crippen LogP contribution in [0, 0.1) is 11.6 Å². The lowest BCUT2D eigenvalue weighted by atomic mass is 10.2. The summed E-state index contributed by atoms with van der Waals surface area (Å²) in [6, 6.07) is 4.80. The largest absolute Gasteiger partial charge is 0.370 e. The van der Waals surface area contributed by atoms with Gasteiger partial charge in [0.1, 0.15) is 17.5 Å². The molecule has 1 aromatic heterocycles. The van der Waals surface area contributed by atoms with Crippen LogP contribution in [-0.4, -0.2) is 17.4 Å². The van der Waals surface area contributed by atoms with E-state index in [4.69, 9.17) is 11.6 Å². The van der Waals surface area contributed by atoms with Crippen molar-refractivity contribution in [1.82, 2.24) is 4.98 Å². The van der Waals surface area contributed by atoms with Crippen LogP contribution in [-0.2, 0) is 0 Å². The van der Waals surface area contributed by atoms with Gasteiger partial charge in [0, 0.05) is 11.6 Å². The van der Waals surface area contributed by atoms with E-state index in [2.05, 4.69) is 15.6 Å². The lowest BCUT2D eigenvalue weighted by molar-refractivity contribution is 0.102. The maximum Gasteiger partial charge on any atom is 0.259 e. The molecule has 1 heterocycles. The average molecular weight is 312 g/mol. The number of pyridine rings is 1. The van der Waals surface area contributed by atoms with E-state index in [1.165, 1.54) is 12.1 Å². The number of nitrogens with one attached hydrogen (secondary N) is 2. The summed E-state index contributed by atoms with van der Waals surface area (Å²) in [7, 11) is 0. The van der Waals surface area contributed by atoms with E-state index >= 15 is 0 Å². The van der Waals surface area contributed by atoms with Gasteiger partial charge in [-0.05, 0) is 31.2 Å². The van der Waals surface area contributed by atoms with Gasteiger partial charge in [-0.15, -0.1) is 0 Å². The van der Waals surface area contributed by atoms with Gasteiger partial charge in [0.05, 0.1) is 17.4 Å². The Hall–Kier alpha value is -2.21. The lowest BCUT2D eigenvalue weighted by Gasteiger charge is -2.11. The molecule has 7 heteroatoms. The molecule has 0 bridgehead atoms. The van der Waals surface area contributed by atoms with Crippen molar-refractivity contribution in [1.29, 1.82) is 0 Å². The number of hydrogen-bond donors (Lipinski definition) is 2. The van der Waals surface area contributed by atoms with E-state index in [0.717, 1.165) is 18.3 Å². The van der Waals surface area contributed by atoms with E-state index in [0.29, 0.717) is 6.54 Å². The fourth-order valence-electron chi connectivity index (χ4n) is 1.70. The topological polar surface area (TPSA) is 54.0 Å². The predicted molar refractivity (Wildman–Crippen MR) is 77.7 cm³/mol. The zero-order valence-corrected chi connectivity index (χ0v) is 11.8. The lowest BCUT2D eigenvalue weighted by Crippen LogP contribution is -2.17. The molecule has 2 N–H and O–H groups in total. The number of carbonyl (C=O) groups is 1. The first kappa shape index (κ1) is 15.2. The standard InChI is InChI=1S/C14H12ClF2N3O/c1-2-18-13-10(6-9(16)7-19-13)14(21)20-12-5-8(15)3-4-11(12)17/h3-7H,2H2,1H3,(H,18,19)(H,20,21). The van der Waals surface area contributed by atoms with Gasteiger partial charge in [0.25, 0.3) is 5.91 Å². The van der Waals surface area contributed by atoms with Crippen molar-refractivity contribution in [2.24, 2.45) is 0 Å². The van der Waals surface area contributed by atoms with Gasteiger partial charge in [-0.3, -0.25) is 4.79 Å². The summed E-state index contributed by atoms with van der Waals surface area (Å²) < 4.78 is 26.9. The molecule has 0 aliphatic rings. The smallest absolute Gasteiger partial charge is 0.259 e. The highest BCUT2D eigenvalue weighted by Gasteiger charge is 2.15. The quantitative estimate of drug-likeness (QED) is 0.905. The Labute approximate surface area is 125 Å². The molecular weight excluding hydrogens is 300 g/mol. The number of amides is 1. The van der Waals surface area contributed by atoms with Crippen LogP contribution in [0.2, 0.25) is 5.02 Å². The molecule has 2 aromatic rings. The Morgan fingerprint density at radius 1 is 1.33 bits per heavy atom. The van der Waals surface area contributed by atoms with E-state index in [1.807, 2.05) is 6.92 Å². The summed E-state index contributed by atoms with van der Waals surface area (Å²) >= 11 is 5.75. The number of benzene rings is 1.